The van der Waals surface area contributed by atoms with Crippen molar-refractivity contribution in [3.8, 4) is 22.1 Å². The van der Waals surface area contributed by atoms with Crippen LogP contribution in [0, 0.1) is 0 Å². The van der Waals surface area contributed by atoms with Gasteiger partial charge < -0.3 is 18.7 Å². The highest BCUT2D eigenvalue weighted by molar-refractivity contribution is 7.91. The lowest BCUT2D eigenvalue weighted by Crippen LogP contribution is -2.41. The summed E-state index contributed by atoms with van der Waals surface area (Å²) in [6.07, 6.45) is -0.435. The lowest BCUT2D eigenvalue weighted by Gasteiger charge is -2.29. The Morgan fingerprint density at radius 3 is 2.81 bits per heavy atom. The maximum absolute atomic E-state index is 13.0. The van der Waals surface area contributed by atoms with E-state index in [4.69, 9.17) is 18.7 Å². The molecule has 0 amide bonds. The zero-order valence-electron chi connectivity index (χ0n) is 16.8. The average Bonchev–Trinajstić information content (AvgIpc) is 3.44. The van der Waals surface area contributed by atoms with Crippen LogP contribution in [0.5, 0.6) is 11.5 Å². The number of hydrogen-bond donors (Lipinski definition) is 0. The Bertz CT molecular complexity index is 1190. The summed E-state index contributed by atoms with van der Waals surface area (Å²) >= 11 is 1.02. The van der Waals surface area contributed by atoms with Crippen LogP contribution in [0.2, 0.25) is 0 Å². The van der Waals surface area contributed by atoms with Crippen molar-refractivity contribution in [3.05, 3.63) is 48.2 Å². The van der Waals surface area contributed by atoms with E-state index in [1.807, 2.05) is 12.1 Å². The largest absolute Gasteiger partial charge is 0.486 e. The standard InChI is InChI=1S/C20H20N2O7S2/c1-3-26-20(23)14-10-17(29-21-14)18-8-9-19(30-18)31(24,25)22(2)11-13-12-27-15-6-4-5-7-16(15)28-13/h4-10,13H,3,11-12H2,1-2H3/t13-/m1/s1. The zero-order chi connectivity index (χ0) is 22.0. The second-order valence-corrected chi connectivity index (χ2v) is 10.1. The lowest BCUT2D eigenvalue weighted by molar-refractivity contribution is 0.0514. The molecule has 1 aromatic carbocycles. The maximum Gasteiger partial charge on any atom is 0.360 e. The van der Waals surface area contributed by atoms with Gasteiger partial charge in [0.25, 0.3) is 10.0 Å². The fraction of sp³-hybridized carbons (Fsp3) is 0.300. The fourth-order valence-electron chi connectivity index (χ4n) is 2.98. The summed E-state index contributed by atoms with van der Waals surface area (Å²) in [5, 5.41) is 3.68. The molecule has 0 saturated heterocycles. The van der Waals surface area contributed by atoms with Crippen LogP contribution >= 0.6 is 11.3 Å². The van der Waals surface area contributed by atoms with Gasteiger partial charge in [-0.3, -0.25) is 0 Å². The molecule has 9 nitrogen and oxygen atoms in total. The summed E-state index contributed by atoms with van der Waals surface area (Å²) in [6.45, 7) is 2.28. The molecule has 2 aromatic heterocycles. The van der Waals surface area contributed by atoms with Crippen molar-refractivity contribution in [2.45, 2.75) is 17.2 Å². The van der Waals surface area contributed by atoms with Gasteiger partial charge in [0.1, 0.15) is 16.9 Å². The molecule has 0 radical (unpaired) electrons. The molecule has 0 unspecified atom stereocenters. The van der Waals surface area contributed by atoms with Crippen molar-refractivity contribution in [2.75, 3.05) is 26.8 Å². The van der Waals surface area contributed by atoms with Gasteiger partial charge in [0.05, 0.1) is 18.0 Å². The predicted octanol–water partition coefficient (Wildman–Crippen LogP) is 3.04. The Morgan fingerprint density at radius 1 is 1.26 bits per heavy atom. The smallest absolute Gasteiger partial charge is 0.360 e. The minimum absolute atomic E-state index is 0.0292. The summed E-state index contributed by atoms with van der Waals surface area (Å²) < 4.78 is 49.0. The minimum Gasteiger partial charge on any atom is -0.486 e. The van der Waals surface area contributed by atoms with Gasteiger partial charge in [-0.05, 0) is 31.2 Å². The molecule has 11 heteroatoms. The van der Waals surface area contributed by atoms with Crippen molar-refractivity contribution in [3.63, 3.8) is 0 Å². The Labute approximate surface area is 183 Å². The third-order valence-corrected chi connectivity index (χ3v) is 7.90. The van der Waals surface area contributed by atoms with Gasteiger partial charge in [-0.25, -0.2) is 13.2 Å². The fourth-order valence-corrected chi connectivity index (χ4v) is 5.64. The molecule has 3 aromatic rings. The van der Waals surface area contributed by atoms with E-state index in [0.717, 1.165) is 11.3 Å². The first-order valence-electron chi connectivity index (χ1n) is 9.47. The van der Waals surface area contributed by atoms with E-state index in [-0.39, 0.29) is 35.4 Å². The van der Waals surface area contributed by atoms with Crippen LogP contribution in [0.1, 0.15) is 17.4 Å². The van der Waals surface area contributed by atoms with Gasteiger partial charge in [0.2, 0.25) is 0 Å². The second kappa shape index (κ2) is 8.69. The number of rotatable bonds is 7. The summed E-state index contributed by atoms with van der Waals surface area (Å²) in [4.78, 5) is 12.3. The van der Waals surface area contributed by atoms with Gasteiger partial charge in [0, 0.05) is 13.1 Å². The van der Waals surface area contributed by atoms with E-state index in [1.165, 1.54) is 23.5 Å². The number of hydrogen-bond acceptors (Lipinski definition) is 9. The topological polar surface area (TPSA) is 108 Å². The van der Waals surface area contributed by atoms with E-state index in [9.17, 15) is 13.2 Å². The number of para-hydroxylation sites is 2. The first-order valence-corrected chi connectivity index (χ1v) is 11.7. The summed E-state index contributed by atoms with van der Waals surface area (Å²) in [5.41, 5.74) is 0.0292. The molecule has 31 heavy (non-hydrogen) atoms. The summed E-state index contributed by atoms with van der Waals surface area (Å²) in [7, 11) is -2.27. The van der Waals surface area contributed by atoms with Gasteiger partial charge >= 0.3 is 5.97 Å². The van der Waals surface area contributed by atoms with E-state index in [2.05, 4.69) is 5.16 Å². The maximum atomic E-state index is 13.0. The van der Waals surface area contributed by atoms with Gasteiger partial charge in [-0.15, -0.1) is 11.3 Å². The van der Waals surface area contributed by atoms with Crippen molar-refractivity contribution >= 4 is 27.3 Å². The van der Waals surface area contributed by atoms with E-state index < -0.39 is 22.1 Å². The predicted molar refractivity (Wildman–Crippen MR) is 112 cm³/mol. The molecule has 0 fully saturated rings. The Morgan fingerprint density at radius 2 is 2.03 bits per heavy atom. The van der Waals surface area contributed by atoms with Gasteiger partial charge in [-0.1, -0.05) is 17.3 Å². The quantitative estimate of drug-likeness (QED) is 0.491. The number of likely N-dealkylation sites (N-methyl/N-ethyl adjacent to an activating group) is 1. The summed E-state index contributed by atoms with van der Waals surface area (Å²) in [6, 6.07) is 11.8. The van der Waals surface area contributed by atoms with Crippen LogP contribution in [-0.4, -0.2) is 56.8 Å². The van der Waals surface area contributed by atoms with E-state index in [0.29, 0.717) is 16.4 Å². The highest BCUT2D eigenvalue weighted by Crippen LogP contribution is 2.34. The second-order valence-electron chi connectivity index (χ2n) is 6.70. The van der Waals surface area contributed by atoms with Crippen molar-refractivity contribution in [2.24, 2.45) is 0 Å². The van der Waals surface area contributed by atoms with Crippen LogP contribution in [0.4, 0.5) is 0 Å². The van der Waals surface area contributed by atoms with E-state index >= 15 is 0 Å². The van der Waals surface area contributed by atoms with Crippen LogP contribution in [-0.2, 0) is 14.8 Å². The molecular formula is C20H20N2O7S2. The normalized spacial score (nSPS) is 15.8. The number of esters is 1. The number of benzene rings is 1. The molecule has 0 N–H and O–H groups in total. The number of carbonyl (C=O) groups is 1. The molecule has 0 saturated carbocycles. The molecular weight excluding hydrogens is 444 g/mol. The first kappa shape index (κ1) is 21.3. The Balaban J connectivity index is 1.46. The van der Waals surface area contributed by atoms with E-state index in [1.54, 1.807) is 25.1 Å². The SMILES string of the molecule is CCOC(=O)c1cc(-c2ccc(S(=O)(=O)N(C)C[C@@H]3COc4ccccc4O3)s2)on1. The molecule has 1 aliphatic rings. The number of carbonyl (C=O) groups excluding carboxylic acids is 1. The molecule has 4 rings (SSSR count). The third-order valence-electron chi connectivity index (χ3n) is 4.51. The van der Waals surface area contributed by atoms with Gasteiger partial charge in [0.15, 0.2) is 23.0 Å². The number of sulfonamides is 1. The van der Waals surface area contributed by atoms with Gasteiger partial charge in [-0.2, -0.15) is 4.31 Å². The molecule has 164 valence electrons. The molecule has 0 bridgehead atoms. The summed E-state index contributed by atoms with van der Waals surface area (Å²) in [5.74, 6) is 0.919. The number of aromatic nitrogens is 1. The monoisotopic (exact) mass is 464 g/mol. The molecule has 3 heterocycles. The number of fused-ring (bicyclic) bond motifs is 1. The van der Waals surface area contributed by atoms with Crippen LogP contribution in [0.3, 0.4) is 0 Å². The van der Waals surface area contributed by atoms with Crippen LogP contribution < -0.4 is 9.47 Å². The highest BCUT2D eigenvalue weighted by atomic mass is 32.2. The van der Waals surface area contributed by atoms with Crippen LogP contribution in [0.25, 0.3) is 10.6 Å². The molecule has 0 spiro atoms. The number of ether oxygens (including phenoxy) is 3. The highest BCUT2D eigenvalue weighted by Gasteiger charge is 2.29. The van der Waals surface area contributed by atoms with Crippen LogP contribution in [0.15, 0.2) is 51.2 Å². The zero-order valence-corrected chi connectivity index (χ0v) is 18.4. The van der Waals surface area contributed by atoms with Crippen molar-refractivity contribution in [1.29, 1.82) is 0 Å². The molecule has 1 aliphatic heterocycles. The van der Waals surface area contributed by atoms with Crippen molar-refractivity contribution in [1.82, 2.24) is 9.46 Å². The number of thiophene rings is 1. The molecule has 1 atom stereocenters. The third kappa shape index (κ3) is 4.43. The minimum atomic E-state index is -3.76. The number of nitrogens with zero attached hydrogens (tertiary/aromatic N) is 2. The first-order chi connectivity index (χ1) is 14.9. The molecule has 0 aliphatic carbocycles. The Hall–Kier alpha value is -2.89. The average molecular weight is 465 g/mol. The van der Waals surface area contributed by atoms with Crippen molar-refractivity contribution < 1.29 is 31.9 Å². The Kier molecular flexibility index (Phi) is 5.99. The lowest BCUT2D eigenvalue weighted by atomic mass is 10.2.